The Morgan fingerprint density at radius 2 is 1.60 bits per heavy atom. The van der Waals surface area contributed by atoms with Gasteiger partial charge in [-0.25, -0.2) is 4.79 Å². The fourth-order valence-electron chi connectivity index (χ4n) is 4.96. The highest BCUT2D eigenvalue weighted by Crippen LogP contribution is 2.37. The molecule has 0 aliphatic carbocycles. The van der Waals surface area contributed by atoms with E-state index in [4.69, 9.17) is 14.2 Å². The molecule has 0 radical (unpaired) electrons. The van der Waals surface area contributed by atoms with Crippen LogP contribution in [0.25, 0.3) is 10.9 Å². The third-order valence-corrected chi connectivity index (χ3v) is 7.20. The van der Waals surface area contributed by atoms with Crippen molar-refractivity contribution in [2.45, 2.75) is 32.2 Å². The Labute approximate surface area is 245 Å². The van der Waals surface area contributed by atoms with Gasteiger partial charge < -0.3 is 35.1 Å². The van der Waals surface area contributed by atoms with Crippen molar-refractivity contribution in [1.29, 1.82) is 0 Å². The first-order valence-electron chi connectivity index (χ1n) is 14.0. The van der Waals surface area contributed by atoms with E-state index in [9.17, 15) is 9.59 Å². The van der Waals surface area contributed by atoms with Crippen molar-refractivity contribution in [2.75, 3.05) is 42.8 Å². The van der Waals surface area contributed by atoms with Gasteiger partial charge in [0.15, 0.2) is 11.5 Å². The Kier molecular flexibility index (Phi) is 8.91. The second-order valence-corrected chi connectivity index (χ2v) is 9.97. The minimum atomic E-state index is -0.362. The van der Waals surface area contributed by atoms with Crippen molar-refractivity contribution in [2.24, 2.45) is 0 Å². The van der Waals surface area contributed by atoms with E-state index in [1.165, 1.54) is 0 Å². The van der Waals surface area contributed by atoms with E-state index in [2.05, 4.69) is 25.8 Å². The fraction of sp³-hybridized carbons (Fsp3) is 0.281. The van der Waals surface area contributed by atoms with Crippen LogP contribution in [0.3, 0.4) is 0 Å². The second kappa shape index (κ2) is 13.1. The van der Waals surface area contributed by atoms with Gasteiger partial charge in [0.2, 0.25) is 5.91 Å². The second-order valence-electron chi connectivity index (χ2n) is 9.97. The van der Waals surface area contributed by atoms with E-state index in [0.29, 0.717) is 46.3 Å². The van der Waals surface area contributed by atoms with Gasteiger partial charge in [-0.2, -0.15) is 0 Å². The predicted octanol–water partition coefficient (Wildman–Crippen LogP) is 6.18. The van der Waals surface area contributed by atoms with Gasteiger partial charge in [0.05, 0.1) is 19.7 Å². The Hall–Kier alpha value is -4.99. The van der Waals surface area contributed by atoms with Gasteiger partial charge in [0.25, 0.3) is 0 Å². The molecule has 3 aromatic carbocycles. The molecule has 3 N–H and O–H groups in total. The maximum Gasteiger partial charge on any atom is 0.323 e. The molecular weight excluding hydrogens is 534 g/mol. The Balaban J connectivity index is 1.18. The lowest BCUT2D eigenvalue weighted by atomic mass is 10.0. The van der Waals surface area contributed by atoms with Gasteiger partial charge in [-0.3, -0.25) is 9.78 Å². The van der Waals surface area contributed by atoms with Crippen molar-refractivity contribution in [3.05, 3.63) is 72.9 Å². The fourth-order valence-corrected chi connectivity index (χ4v) is 4.96. The summed E-state index contributed by atoms with van der Waals surface area (Å²) in [5, 5.41) is 9.60. The summed E-state index contributed by atoms with van der Waals surface area (Å²) in [6.07, 6.45) is 4.00. The summed E-state index contributed by atoms with van der Waals surface area (Å²) in [4.78, 5) is 31.1. The quantitative estimate of drug-likeness (QED) is 0.220. The molecule has 2 heterocycles. The number of hydrogen-bond donors (Lipinski definition) is 3. The number of pyridine rings is 1. The molecule has 1 aliphatic heterocycles. The molecular formula is C32H35N5O5. The number of amides is 3. The number of methoxy groups -OCH3 is 2. The number of rotatable bonds is 9. The van der Waals surface area contributed by atoms with Crippen LogP contribution in [-0.2, 0) is 4.79 Å². The molecule has 0 saturated carbocycles. The molecule has 0 bridgehead atoms. The van der Waals surface area contributed by atoms with Crippen LogP contribution in [0.2, 0.25) is 0 Å². The van der Waals surface area contributed by atoms with Gasteiger partial charge in [0.1, 0.15) is 11.5 Å². The molecule has 5 rings (SSSR count). The zero-order valence-electron chi connectivity index (χ0n) is 24.0. The molecule has 10 nitrogen and oxygen atoms in total. The largest absolute Gasteiger partial charge is 0.493 e. The molecule has 0 atom stereocenters. The number of nitrogens with one attached hydrogen (secondary N) is 3. The Morgan fingerprint density at radius 3 is 2.31 bits per heavy atom. The highest BCUT2D eigenvalue weighted by Gasteiger charge is 2.20. The minimum absolute atomic E-state index is 0.103. The molecule has 4 aromatic rings. The lowest BCUT2D eigenvalue weighted by Crippen LogP contribution is -2.44. The number of hydrogen-bond acceptors (Lipinski definition) is 7. The minimum Gasteiger partial charge on any atom is -0.493 e. The summed E-state index contributed by atoms with van der Waals surface area (Å²) in [6.45, 7) is 3.61. The van der Waals surface area contributed by atoms with Crippen molar-refractivity contribution in [1.82, 2.24) is 10.3 Å². The summed E-state index contributed by atoms with van der Waals surface area (Å²) in [5.74, 6) is 2.41. The number of piperidine rings is 1. The summed E-state index contributed by atoms with van der Waals surface area (Å²) in [6, 6.07) is 20.2. The summed E-state index contributed by atoms with van der Waals surface area (Å²) >= 11 is 0. The number of carbonyl (C=O) groups is 2. The molecule has 10 heteroatoms. The molecule has 1 saturated heterocycles. The van der Waals surface area contributed by atoms with E-state index in [1.807, 2.05) is 49.4 Å². The molecule has 218 valence electrons. The number of aromatic nitrogens is 1. The third kappa shape index (κ3) is 6.83. The molecule has 0 unspecified atom stereocenters. The van der Waals surface area contributed by atoms with Gasteiger partial charge in [-0.15, -0.1) is 0 Å². The number of carbonyl (C=O) groups excluding carboxylic acids is 2. The Morgan fingerprint density at radius 1 is 0.881 bits per heavy atom. The van der Waals surface area contributed by atoms with E-state index < -0.39 is 0 Å². The van der Waals surface area contributed by atoms with Crippen LogP contribution in [0.1, 0.15) is 26.2 Å². The number of nitrogens with zero attached hydrogens (tertiary/aromatic N) is 2. The molecule has 0 spiro atoms. The maximum absolute atomic E-state index is 12.8. The first kappa shape index (κ1) is 28.5. The topological polar surface area (TPSA) is 114 Å². The van der Waals surface area contributed by atoms with Crippen LogP contribution in [-0.4, -0.2) is 50.3 Å². The van der Waals surface area contributed by atoms with Crippen LogP contribution >= 0.6 is 0 Å². The smallest absolute Gasteiger partial charge is 0.323 e. The molecule has 1 fully saturated rings. The summed E-state index contributed by atoms with van der Waals surface area (Å²) in [5.41, 5.74) is 3.05. The lowest BCUT2D eigenvalue weighted by Gasteiger charge is -2.34. The lowest BCUT2D eigenvalue weighted by molar-refractivity contribution is -0.121. The maximum atomic E-state index is 12.8. The van der Waals surface area contributed by atoms with Crippen LogP contribution in [0.4, 0.5) is 21.9 Å². The van der Waals surface area contributed by atoms with E-state index in [1.54, 1.807) is 44.7 Å². The van der Waals surface area contributed by atoms with Crippen molar-refractivity contribution in [3.8, 4) is 23.0 Å². The van der Waals surface area contributed by atoms with Crippen molar-refractivity contribution in [3.63, 3.8) is 0 Å². The third-order valence-electron chi connectivity index (χ3n) is 7.20. The number of benzene rings is 3. The average Bonchev–Trinajstić information content (AvgIpc) is 3.01. The van der Waals surface area contributed by atoms with Gasteiger partial charge >= 0.3 is 6.03 Å². The van der Waals surface area contributed by atoms with Crippen LogP contribution < -0.4 is 35.1 Å². The number of ether oxygens (including phenoxy) is 3. The van der Waals surface area contributed by atoms with E-state index in [-0.39, 0.29) is 18.0 Å². The zero-order valence-corrected chi connectivity index (χ0v) is 24.0. The van der Waals surface area contributed by atoms with Gasteiger partial charge in [-0.05, 0) is 61.4 Å². The Bertz CT molecular complexity index is 1550. The first-order chi connectivity index (χ1) is 20.4. The predicted molar refractivity (Wildman–Crippen MR) is 164 cm³/mol. The highest BCUT2D eigenvalue weighted by atomic mass is 16.5. The SMILES string of the molecule is CCC(=O)NC1CCN(c2ccc(NC(=O)Nc3cccc(Oc4ccnc5cc(OC)c(OC)cc45)c3)cc2)CC1. The monoisotopic (exact) mass is 569 g/mol. The average molecular weight is 570 g/mol. The first-order valence-corrected chi connectivity index (χ1v) is 14.0. The van der Waals surface area contributed by atoms with Crippen LogP contribution in [0, 0.1) is 0 Å². The van der Waals surface area contributed by atoms with Crippen LogP contribution in [0.5, 0.6) is 23.0 Å². The molecule has 1 aromatic heterocycles. The van der Waals surface area contributed by atoms with Crippen molar-refractivity contribution >= 4 is 39.9 Å². The normalized spacial score (nSPS) is 13.4. The number of anilines is 3. The van der Waals surface area contributed by atoms with E-state index in [0.717, 1.165) is 37.0 Å². The van der Waals surface area contributed by atoms with Gasteiger partial charge in [-0.1, -0.05) is 13.0 Å². The van der Waals surface area contributed by atoms with Crippen molar-refractivity contribution < 1.29 is 23.8 Å². The number of urea groups is 1. The standard InChI is InChI=1S/C32H35N5O5/c1-4-31(38)34-22-13-16-37(17-14-22)24-10-8-21(9-11-24)35-32(39)36-23-6-5-7-25(18-23)42-28-12-15-33-27-20-30(41-3)29(40-2)19-26(27)28/h5-12,15,18-20,22H,4,13-14,16-17H2,1-3H3,(H,34,38)(H2,35,36,39). The van der Waals surface area contributed by atoms with Crippen LogP contribution in [0.15, 0.2) is 72.9 Å². The summed E-state index contributed by atoms with van der Waals surface area (Å²) in [7, 11) is 3.16. The molecule has 1 aliphatic rings. The number of fused-ring (bicyclic) bond motifs is 1. The summed E-state index contributed by atoms with van der Waals surface area (Å²) < 4.78 is 17.0. The zero-order chi connectivity index (χ0) is 29.5. The molecule has 3 amide bonds. The molecule has 42 heavy (non-hydrogen) atoms. The van der Waals surface area contributed by atoms with Gasteiger partial charge in [0, 0.05) is 66.3 Å². The van der Waals surface area contributed by atoms with E-state index >= 15 is 0 Å². The highest BCUT2D eigenvalue weighted by molar-refractivity contribution is 6.00.